The first-order valence-electron chi connectivity index (χ1n) is 9.96. The Bertz CT molecular complexity index is 1190. The lowest BCUT2D eigenvalue weighted by Crippen LogP contribution is -2.09. The molecule has 0 aliphatic rings. The number of aromatic nitrogens is 2. The monoisotopic (exact) mass is 461 g/mol. The topological polar surface area (TPSA) is 75.1 Å². The minimum absolute atomic E-state index is 0.252. The van der Waals surface area contributed by atoms with Crippen LogP contribution < -0.4 is 5.32 Å². The average molecular weight is 462 g/mol. The van der Waals surface area contributed by atoms with E-state index in [1.54, 1.807) is 30.3 Å². The van der Waals surface area contributed by atoms with E-state index in [0.29, 0.717) is 23.1 Å². The van der Waals surface area contributed by atoms with E-state index in [1.165, 1.54) is 5.56 Å². The number of nitrogens with one attached hydrogen (secondary N) is 1. The number of benzene rings is 3. The van der Waals surface area contributed by atoms with Gasteiger partial charge in [-0.05, 0) is 22.3 Å². The highest BCUT2D eigenvalue weighted by Gasteiger charge is 2.23. The van der Waals surface area contributed by atoms with Crippen molar-refractivity contribution in [1.82, 2.24) is 9.97 Å². The molecule has 1 heterocycles. The molecule has 7 heteroatoms. The summed E-state index contributed by atoms with van der Waals surface area (Å²) in [7, 11) is 0. The van der Waals surface area contributed by atoms with Crippen molar-refractivity contribution in [2.45, 2.75) is 17.0 Å². The second-order valence-electron chi connectivity index (χ2n) is 7.02. The van der Waals surface area contributed by atoms with Crippen molar-refractivity contribution < 1.29 is 9.90 Å². The minimum Gasteiger partial charge on any atom is -0.480 e. The Morgan fingerprint density at radius 2 is 1.53 bits per heavy atom. The number of hydrogen-bond donors (Lipinski definition) is 2. The molecule has 2 N–H and O–H groups in total. The number of nitrogens with zero attached hydrogens (tertiary/aromatic N) is 2. The second kappa shape index (κ2) is 10.3. The number of anilines is 1. The molecule has 0 amide bonds. The summed E-state index contributed by atoms with van der Waals surface area (Å²) >= 11 is 7.23. The molecule has 1 unspecified atom stereocenters. The van der Waals surface area contributed by atoms with E-state index in [0.717, 1.165) is 22.9 Å². The van der Waals surface area contributed by atoms with Crippen LogP contribution in [0.4, 0.5) is 5.82 Å². The summed E-state index contributed by atoms with van der Waals surface area (Å²) in [4.78, 5) is 20.4. The SMILES string of the molecule is O=C(O)C(Sc1nc(Cl)cc(NCc2ccc(-c3ccccc3)cc2)n1)c1ccccc1. The highest BCUT2D eigenvalue weighted by Crippen LogP contribution is 2.34. The standard InChI is InChI=1S/C25H20ClN3O2S/c26-21-15-22(27-16-17-11-13-19(14-12-17)18-7-3-1-4-8-18)29-25(28-21)32-23(24(30)31)20-9-5-2-6-10-20/h1-15,23H,16H2,(H,30,31)(H,27,28,29). The van der Waals surface area contributed by atoms with Crippen molar-refractivity contribution in [1.29, 1.82) is 0 Å². The van der Waals surface area contributed by atoms with Crippen molar-refractivity contribution in [2.24, 2.45) is 0 Å². The van der Waals surface area contributed by atoms with Gasteiger partial charge in [0, 0.05) is 12.6 Å². The second-order valence-corrected chi connectivity index (χ2v) is 8.48. The molecule has 0 spiro atoms. The fraction of sp³-hybridized carbons (Fsp3) is 0.0800. The van der Waals surface area contributed by atoms with Crippen molar-refractivity contribution in [3.63, 3.8) is 0 Å². The largest absolute Gasteiger partial charge is 0.480 e. The normalized spacial score (nSPS) is 11.7. The number of carboxylic acid groups (broad SMARTS) is 1. The zero-order valence-corrected chi connectivity index (χ0v) is 18.6. The summed E-state index contributed by atoms with van der Waals surface area (Å²) in [6.45, 7) is 0.549. The number of thioether (sulfide) groups is 1. The van der Waals surface area contributed by atoms with Gasteiger partial charge < -0.3 is 10.4 Å². The predicted octanol–water partition coefficient (Wildman–Crippen LogP) is 6.33. The average Bonchev–Trinajstić information content (AvgIpc) is 2.82. The first kappa shape index (κ1) is 21.9. The zero-order valence-electron chi connectivity index (χ0n) is 17.0. The number of carbonyl (C=O) groups is 1. The fourth-order valence-electron chi connectivity index (χ4n) is 3.17. The minimum atomic E-state index is -0.960. The maximum atomic E-state index is 11.8. The van der Waals surface area contributed by atoms with Crippen molar-refractivity contribution in [3.05, 3.63) is 107 Å². The molecule has 32 heavy (non-hydrogen) atoms. The summed E-state index contributed by atoms with van der Waals surface area (Å²) in [5.74, 6) is -0.422. The van der Waals surface area contributed by atoms with Gasteiger partial charge in [-0.1, -0.05) is 108 Å². The highest BCUT2D eigenvalue weighted by atomic mass is 35.5. The Hall–Kier alpha value is -3.35. The molecular formula is C25H20ClN3O2S. The van der Waals surface area contributed by atoms with E-state index in [-0.39, 0.29) is 5.15 Å². The van der Waals surface area contributed by atoms with E-state index in [2.05, 4.69) is 51.7 Å². The molecule has 5 nitrogen and oxygen atoms in total. The number of hydrogen-bond acceptors (Lipinski definition) is 5. The van der Waals surface area contributed by atoms with Crippen LogP contribution in [-0.2, 0) is 11.3 Å². The van der Waals surface area contributed by atoms with Gasteiger partial charge in [0.1, 0.15) is 16.2 Å². The van der Waals surface area contributed by atoms with Crippen LogP contribution >= 0.6 is 23.4 Å². The van der Waals surface area contributed by atoms with Crippen LogP contribution in [0.1, 0.15) is 16.4 Å². The van der Waals surface area contributed by atoms with Crippen molar-refractivity contribution in [2.75, 3.05) is 5.32 Å². The number of rotatable bonds is 8. The predicted molar refractivity (Wildman–Crippen MR) is 129 cm³/mol. The Labute approximate surface area is 195 Å². The van der Waals surface area contributed by atoms with Crippen LogP contribution in [0.5, 0.6) is 0 Å². The molecule has 4 aromatic rings. The summed E-state index contributed by atoms with van der Waals surface area (Å²) in [6, 6.07) is 29.1. The molecule has 0 saturated heterocycles. The van der Waals surface area contributed by atoms with Crippen molar-refractivity contribution >= 4 is 35.1 Å². The van der Waals surface area contributed by atoms with Crippen LogP contribution in [-0.4, -0.2) is 21.0 Å². The molecule has 0 bridgehead atoms. The maximum absolute atomic E-state index is 11.8. The third kappa shape index (κ3) is 5.66. The molecule has 1 aromatic heterocycles. The molecule has 0 saturated carbocycles. The third-order valence-corrected chi connectivity index (χ3v) is 6.06. The number of carboxylic acids is 1. The summed E-state index contributed by atoms with van der Waals surface area (Å²) in [6.07, 6.45) is 0. The number of aliphatic carboxylic acids is 1. The molecule has 4 rings (SSSR count). The van der Waals surface area contributed by atoms with Crippen LogP contribution in [0.2, 0.25) is 5.15 Å². The first-order valence-corrected chi connectivity index (χ1v) is 11.2. The molecular weight excluding hydrogens is 442 g/mol. The Balaban J connectivity index is 1.45. The quantitative estimate of drug-likeness (QED) is 0.181. The first-order chi connectivity index (χ1) is 15.6. The molecule has 0 radical (unpaired) electrons. The third-order valence-electron chi connectivity index (χ3n) is 4.76. The maximum Gasteiger partial charge on any atom is 0.321 e. The Morgan fingerprint density at radius 1 is 0.906 bits per heavy atom. The van der Waals surface area contributed by atoms with E-state index in [9.17, 15) is 9.90 Å². The zero-order chi connectivity index (χ0) is 22.3. The van der Waals surface area contributed by atoms with Gasteiger partial charge in [-0.2, -0.15) is 0 Å². The van der Waals surface area contributed by atoms with Gasteiger partial charge in [0.05, 0.1) is 0 Å². The highest BCUT2D eigenvalue weighted by molar-refractivity contribution is 8.00. The van der Waals surface area contributed by atoms with E-state index in [1.807, 2.05) is 24.3 Å². The van der Waals surface area contributed by atoms with Gasteiger partial charge in [0.25, 0.3) is 0 Å². The fourth-order valence-corrected chi connectivity index (χ4v) is 4.31. The lowest BCUT2D eigenvalue weighted by molar-refractivity contribution is -0.136. The van der Waals surface area contributed by atoms with Gasteiger partial charge in [0.15, 0.2) is 5.16 Å². The number of halogens is 1. The molecule has 1 atom stereocenters. The Kier molecular flexibility index (Phi) is 7.04. The van der Waals surface area contributed by atoms with Crippen LogP contribution in [0.15, 0.2) is 96.2 Å². The summed E-state index contributed by atoms with van der Waals surface area (Å²) in [5.41, 5.74) is 4.07. The molecule has 0 aliphatic carbocycles. The summed E-state index contributed by atoms with van der Waals surface area (Å²) in [5, 5.41) is 12.6. The lowest BCUT2D eigenvalue weighted by atomic mass is 10.0. The van der Waals surface area contributed by atoms with E-state index < -0.39 is 11.2 Å². The smallest absolute Gasteiger partial charge is 0.321 e. The molecule has 160 valence electrons. The lowest BCUT2D eigenvalue weighted by Gasteiger charge is -2.13. The van der Waals surface area contributed by atoms with Gasteiger partial charge in [0.2, 0.25) is 0 Å². The Morgan fingerprint density at radius 3 is 2.19 bits per heavy atom. The molecule has 0 fully saturated rings. The van der Waals surface area contributed by atoms with E-state index in [4.69, 9.17) is 11.6 Å². The van der Waals surface area contributed by atoms with Crippen LogP contribution in [0.25, 0.3) is 11.1 Å². The van der Waals surface area contributed by atoms with Crippen LogP contribution in [0, 0.1) is 0 Å². The van der Waals surface area contributed by atoms with Gasteiger partial charge in [-0.3, -0.25) is 4.79 Å². The van der Waals surface area contributed by atoms with Crippen LogP contribution in [0.3, 0.4) is 0 Å². The van der Waals surface area contributed by atoms with Gasteiger partial charge >= 0.3 is 5.97 Å². The summed E-state index contributed by atoms with van der Waals surface area (Å²) < 4.78 is 0. The van der Waals surface area contributed by atoms with E-state index >= 15 is 0 Å². The molecule has 0 aliphatic heterocycles. The van der Waals surface area contributed by atoms with Gasteiger partial charge in [-0.25, -0.2) is 9.97 Å². The van der Waals surface area contributed by atoms with Crippen molar-refractivity contribution in [3.8, 4) is 11.1 Å². The molecule has 3 aromatic carbocycles. The van der Waals surface area contributed by atoms with Gasteiger partial charge in [-0.15, -0.1) is 0 Å².